The number of carboxylic acids is 1. The van der Waals surface area contributed by atoms with Crippen molar-refractivity contribution in [1.82, 2.24) is 0 Å². The molecule has 0 aromatic heterocycles. The number of rotatable bonds is 1. The van der Waals surface area contributed by atoms with Gasteiger partial charge in [0.05, 0.1) is 0 Å². The zero-order chi connectivity index (χ0) is 5.15. The van der Waals surface area contributed by atoms with Crippen molar-refractivity contribution in [3.05, 3.63) is 0 Å². The van der Waals surface area contributed by atoms with E-state index in [1.807, 2.05) is 0 Å². The number of carbonyl (C=O) groups excluding carboxylic acids is 1. The van der Waals surface area contributed by atoms with Crippen molar-refractivity contribution in [2.45, 2.75) is 0 Å². The summed E-state index contributed by atoms with van der Waals surface area (Å²) in [6.07, 6.45) is 0. The van der Waals surface area contributed by atoms with Gasteiger partial charge in [-0.15, -0.1) is 0 Å². The van der Waals surface area contributed by atoms with Crippen LogP contribution in [0, 0.1) is 87.0 Å². The summed E-state index contributed by atoms with van der Waals surface area (Å²) in [5.74, 6) is -1.35. The summed E-state index contributed by atoms with van der Waals surface area (Å²) in [4.78, 5) is 18.9. The van der Waals surface area contributed by atoms with E-state index in [-0.39, 0.29) is 72.6 Å². The molecule has 0 atom stereocenters. The number of hydrogen-bond donors (Lipinski definition) is 1. The van der Waals surface area contributed by atoms with Crippen LogP contribution >= 0.6 is 0 Å². The van der Waals surface area contributed by atoms with Gasteiger partial charge in [0, 0.05) is 72.6 Å². The van der Waals surface area contributed by atoms with Crippen molar-refractivity contribution in [3.63, 3.8) is 0 Å². The van der Waals surface area contributed by atoms with Gasteiger partial charge < -0.3 is 0 Å². The van der Waals surface area contributed by atoms with Crippen molar-refractivity contribution in [3.8, 4) is 0 Å². The molecule has 0 amide bonds. The van der Waals surface area contributed by atoms with E-state index in [9.17, 15) is 9.59 Å². The molecule has 45 valence electrons. The van der Waals surface area contributed by atoms with Gasteiger partial charge >= 0.3 is 67.9 Å². The Bertz CT molecular complexity index is 83.3. The molecule has 0 aliphatic heterocycles. The topological polar surface area (TPSA) is 54.4 Å². The first-order chi connectivity index (χ1) is 2.64. The summed E-state index contributed by atoms with van der Waals surface area (Å²) >= 11 is 0.647. The van der Waals surface area contributed by atoms with E-state index < -0.39 is 6.15 Å². The van der Waals surface area contributed by atoms with E-state index in [1.165, 1.54) is 0 Å². The molecule has 1 radical (unpaired) electrons. The molecule has 6 heteroatoms. The van der Waals surface area contributed by atoms with Gasteiger partial charge in [0.15, 0.2) is 0 Å². The van der Waals surface area contributed by atoms with Crippen LogP contribution in [0.2, 0.25) is 0 Å². The van der Waals surface area contributed by atoms with Crippen LogP contribution in [0.25, 0.3) is 0 Å². The Morgan fingerprint density at radius 2 is 1.50 bits per heavy atom. The Balaban J connectivity index is -0.000000125. The molecule has 0 aliphatic carbocycles. The average Bonchev–Trinajstić information content (AvgIpc) is 1.36. The summed E-state index contributed by atoms with van der Waals surface area (Å²) in [5.41, 5.74) is 0. The Labute approximate surface area is 136 Å². The maximum Gasteiger partial charge on any atom is 0 e. The van der Waals surface area contributed by atoms with Crippen molar-refractivity contribution < 1.29 is 134 Å². The molecule has 0 aliphatic rings. The van der Waals surface area contributed by atoms with Gasteiger partial charge in [0.1, 0.15) is 0 Å². The first kappa shape index (κ1) is 17.3. The van der Waals surface area contributed by atoms with Gasteiger partial charge in [-0.3, -0.25) is 0 Å². The van der Waals surface area contributed by atoms with Crippen molar-refractivity contribution >= 4 is 6.15 Å². The molecule has 0 spiro atoms. The van der Waals surface area contributed by atoms with E-state index >= 15 is 0 Å². The SMILES string of the molecule is O=C(O)[C](=O)[Eu].[Gd].[Y]. The van der Waals surface area contributed by atoms with Crippen LogP contribution in [-0.4, -0.2) is 11.3 Å². The fourth-order valence-electron chi connectivity index (χ4n) is 0. The minimum Gasteiger partial charge on any atom is 0 e. The minimum atomic E-state index is -1.35. The molecule has 0 rings (SSSR count). The molecule has 1 N–H and O–H groups in total. The molecule has 0 unspecified atom stereocenters. The zero-order valence-corrected chi connectivity index (χ0v) is 11.1. The fourth-order valence-corrected chi connectivity index (χ4v) is 0. The molecule has 0 aromatic carbocycles. The summed E-state index contributed by atoms with van der Waals surface area (Å²) in [5, 5.41) is 7.66. The van der Waals surface area contributed by atoms with Crippen LogP contribution in [0.5, 0.6) is 0 Å². The molecule has 0 saturated heterocycles. The zero-order valence-electron chi connectivity index (χ0n) is 3.57. The van der Waals surface area contributed by atoms with Crippen LogP contribution in [0.15, 0.2) is 0 Å². The van der Waals surface area contributed by atoms with Gasteiger partial charge in [-0.05, 0) is 0 Å². The second-order valence-electron chi connectivity index (χ2n) is 0.579. The monoisotopic (exact) mass is 473 g/mol. The van der Waals surface area contributed by atoms with E-state index in [0.29, 0.717) is 47.0 Å². The van der Waals surface area contributed by atoms with E-state index in [4.69, 9.17) is 5.11 Å². The molecular weight excluding hydrogens is 470 g/mol. The number of hydrogen-bond acceptors (Lipinski definition) is 2. The van der Waals surface area contributed by atoms with E-state index in [0.717, 1.165) is 0 Å². The smallest absolute Gasteiger partial charge is 0 e. The van der Waals surface area contributed by atoms with Crippen LogP contribution in [0.4, 0.5) is 0 Å². The van der Waals surface area contributed by atoms with Crippen LogP contribution in [0.3, 0.4) is 0 Å². The normalized spacial score (nSPS) is 5.62. The predicted molar refractivity (Wildman–Crippen MR) is 12.6 cm³/mol. The maximum atomic E-state index is 9.57. The summed E-state index contributed by atoms with van der Waals surface area (Å²) in [7, 11) is 0. The molecular formula is C2HEuGdO3Y. The second kappa shape index (κ2) is 10.2. The number of carbonyl (C=O) groups is 2. The first-order valence-corrected chi connectivity index (χ1v) is 2.28. The average molecular weight is 471 g/mol. The van der Waals surface area contributed by atoms with Crippen LogP contribution in [-0.2, 0) is 42.3 Å². The Hall–Kier alpha value is 3.15. The van der Waals surface area contributed by atoms with Crippen LogP contribution < -0.4 is 0 Å². The summed E-state index contributed by atoms with van der Waals surface area (Å²) < 4.78 is -0.769. The maximum absolute atomic E-state index is 9.57. The van der Waals surface area contributed by atoms with E-state index in [2.05, 4.69) is 0 Å². The van der Waals surface area contributed by atoms with Gasteiger partial charge in [-0.25, -0.2) is 0 Å². The summed E-state index contributed by atoms with van der Waals surface area (Å²) in [6.45, 7) is 0. The Kier molecular flexibility index (Phi) is 22.0. The molecule has 3 nitrogen and oxygen atoms in total. The first-order valence-electron chi connectivity index (χ1n) is 1.07. The van der Waals surface area contributed by atoms with Gasteiger partial charge in [0.25, 0.3) is 0 Å². The molecule has 0 heterocycles. The third-order valence-corrected chi connectivity index (χ3v) is 0.687. The fraction of sp³-hybridized carbons (Fsp3) is 0. The second-order valence-corrected chi connectivity index (χ2v) is 1.68. The van der Waals surface area contributed by atoms with Crippen molar-refractivity contribution in [1.29, 1.82) is 0 Å². The van der Waals surface area contributed by atoms with Gasteiger partial charge in [-0.1, -0.05) is 0 Å². The third-order valence-electron chi connectivity index (χ3n) is 0.168. The molecule has 0 aromatic rings. The molecule has 0 fully saturated rings. The van der Waals surface area contributed by atoms with Gasteiger partial charge in [-0.2, -0.15) is 0 Å². The molecule has 0 saturated carbocycles. The predicted octanol–water partition coefficient (Wildman–Crippen LogP) is -0.856. The number of aliphatic carboxylic acids is 1. The van der Waals surface area contributed by atoms with Gasteiger partial charge in [0.2, 0.25) is 0 Å². The number of carboxylic acid groups (broad SMARTS) is 1. The standard InChI is InChI=1S/C2HO3.Eu.Gd.Y/c3-1-2(4)5;;;/h(H,4,5);;;. The quantitative estimate of drug-likeness (QED) is 0.508. The minimum absolute atomic E-state index is 0. The Morgan fingerprint density at radius 1 is 1.38 bits per heavy atom. The third kappa shape index (κ3) is 11.9. The van der Waals surface area contributed by atoms with Crippen LogP contribution in [0.1, 0.15) is 0 Å². The summed E-state index contributed by atoms with van der Waals surface area (Å²) in [6, 6.07) is 0. The molecule has 0 bridgehead atoms. The van der Waals surface area contributed by atoms with Crippen molar-refractivity contribution in [2.75, 3.05) is 0 Å². The Morgan fingerprint density at radius 3 is 1.50 bits per heavy atom. The molecule has 8 heavy (non-hydrogen) atoms. The van der Waals surface area contributed by atoms with E-state index in [1.54, 1.807) is 0 Å². The van der Waals surface area contributed by atoms with Crippen molar-refractivity contribution in [2.24, 2.45) is 0 Å². The largest absolute Gasteiger partial charge is 0 e.